The van der Waals surface area contributed by atoms with Crippen LogP contribution in [0.2, 0.25) is 0 Å². The first kappa shape index (κ1) is 24.6. The average Bonchev–Trinajstić information content (AvgIpc) is 3.25. The number of carboxylic acids is 1. The standard InChI is InChI=1S/C20H28N4O6S/c21-13(9-12-5-2-1-3-6-12)17(26)22-14(10-25)19(28)24-8-4-7-16(24)18(27)23-15(11-31)20(29)30/h1-3,5-6,13-16,25,31H,4,7-11,21H2,(H,22,26)(H,23,27)(H,29,30). The molecule has 1 saturated heterocycles. The second-order valence-corrected chi connectivity index (χ2v) is 7.68. The minimum atomic E-state index is -1.26. The molecule has 11 heteroatoms. The summed E-state index contributed by atoms with van der Waals surface area (Å²) in [6, 6.07) is 4.87. The Labute approximate surface area is 185 Å². The number of rotatable bonds is 10. The molecule has 10 nitrogen and oxygen atoms in total. The molecule has 1 aliphatic heterocycles. The summed E-state index contributed by atoms with van der Waals surface area (Å²) < 4.78 is 0. The second-order valence-electron chi connectivity index (χ2n) is 7.31. The van der Waals surface area contributed by atoms with Gasteiger partial charge in [0.2, 0.25) is 17.7 Å². The highest BCUT2D eigenvalue weighted by Crippen LogP contribution is 2.19. The fourth-order valence-corrected chi connectivity index (χ4v) is 3.63. The van der Waals surface area contributed by atoms with Crippen molar-refractivity contribution in [3.8, 4) is 0 Å². The van der Waals surface area contributed by atoms with E-state index in [1.165, 1.54) is 4.90 Å². The van der Waals surface area contributed by atoms with Gasteiger partial charge < -0.3 is 31.5 Å². The molecule has 170 valence electrons. The number of likely N-dealkylation sites (tertiary alicyclic amines) is 1. The summed E-state index contributed by atoms with van der Waals surface area (Å²) >= 11 is 3.91. The Morgan fingerprint density at radius 1 is 1.16 bits per heavy atom. The van der Waals surface area contributed by atoms with Crippen molar-refractivity contribution in [1.82, 2.24) is 15.5 Å². The van der Waals surface area contributed by atoms with E-state index >= 15 is 0 Å². The van der Waals surface area contributed by atoms with Crippen LogP contribution in [0.1, 0.15) is 18.4 Å². The molecule has 2 rings (SSSR count). The minimum absolute atomic E-state index is 0.101. The first-order chi connectivity index (χ1) is 14.8. The van der Waals surface area contributed by atoms with Crippen LogP contribution >= 0.6 is 12.6 Å². The number of carboxylic acid groups (broad SMARTS) is 1. The van der Waals surface area contributed by atoms with Crippen LogP contribution in [0.25, 0.3) is 0 Å². The lowest BCUT2D eigenvalue weighted by molar-refractivity contribution is -0.144. The van der Waals surface area contributed by atoms with Gasteiger partial charge in [0.15, 0.2) is 0 Å². The van der Waals surface area contributed by atoms with Crippen LogP contribution in [0.5, 0.6) is 0 Å². The van der Waals surface area contributed by atoms with E-state index in [-0.39, 0.29) is 18.7 Å². The molecule has 0 aliphatic carbocycles. The lowest BCUT2D eigenvalue weighted by Crippen LogP contribution is -2.58. The first-order valence-corrected chi connectivity index (χ1v) is 10.6. The monoisotopic (exact) mass is 452 g/mol. The number of aliphatic hydroxyl groups is 1. The van der Waals surface area contributed by atoms with Crippen LogP contribution < -0.4 is 16.4 Å². The van der Waals surface area contributed by atoms with Crippen LogP contribution in [0.4, 0.5) is 0 Å². The van der Waals surface area contributed by atoms with E-state index in [9.17, 15) is 24.3 Å². The molecule has 6 N–H and O–H groups in total. The molecule has 0 spiro atoms. The molecular weight excluding hydrogens is 424 g/mol. The van der Waals surface area contributed by atoms with Crippen molar-refractivity contribution >= 4 is 36.3 Å². The third-order valence-electron chi connectivity index (χ3n) is 5.07. The zero-order chi connectivity index (χ0) is 23.0. The Hall–Kier alpha value is -2.63. The Balaban J connectivity index is 2.00. The highest BCUT2D eigenvalue weighted by atomic mass is 32.1. The molecule has 4 unspecified atom stereocenters. The molecule has 3 amide bonds. The summed E-state index contributed by atoms with van der Waals surface area (Å²) in [6.07, 6.45) is 1.13. The van der Waals surface area contributed by atoms with E-state index in [4.69, 9.17) is 10.8 Å². The van der Waals surface area contributed by atoms with Crippen molar-refractivity contribution in [3.05, 3.63) is 35.9 Å². The maximum Gasteiger partial charge on any atom is 0.327 e. The number of aliphatic carboxylic acids is 1. The van der Waals surface area contributed by atoms with Crippen LogP contribution in [-0.4, -0.2) is 81.9 Å². The number of benzene rings is 1. The second kappa shape index (κ2) is 11.7. The number of amides is 3. The zero-order valence-corrected chi connectivity index (χ0v) is 17.8. The summed E-state index contributed by atoms with van der Waals surface area (Å²) in [6.45, 7) is -0.417. The van der Waals surface area contributed by atoms with Crippen molar-refractivity contribution in [1.29, 1.82) is 0 Å². The molecule has 1 aromatic carbocycles. The Morgan fingerprint density at radius 2 is 1.84 bits per heavy atom. The van der Waals surface area contributed by atoms with E-state index in [1.54, 1.807) is 0 Å². The first-order valence-electron chi connectivity index (χ1n) is 9.93. The van der Waals surface area contributed by atoms with Gasteiger partial charge >= 0.3 is 5.97 Å². The quantitative estimate of drug-likeness (QED) is 0.236. The Bertz CT molecular complexity index is 793. The molecule has 1 heterocycles. The number of carbonyl (C=O) groups excluding carboxylic acids is 3. The smallest absolute Gasteiger partial charge is 0.327 e. The fourth-order valence-electron chi connectivity index (χ4n) is 3.38. The third kappa shape index (κ3) is 6.68. The number of nitrogens with zero attached hydrogens (tertiary/aromatic N) is 1. The molecule has 0 radical (unpaired) electrons. The van der Waals surface area contributed by atoms with Gasteiger partial charge in [0.25, 0.3) is 0 Å². The van der Waals surface area contributed by atoms with E-state index in [2.05, 4.69) is 23.3 Å². The Kier molecular flexibility index (Phi) is 9.28. The van der Waals surface area contributed by atoms with Gasteiger partial charge in [-0.3, -0.25) is 14.4 Å². The van der Waals surface area contributed by atoms with Gasteiger partial charge in [-0.2, -0.15) is 12.6 Å². The minimum Gasteiger partial charge on any atom is -0.480 e. The van der Waals surface area contributed by atoms with Gasteiger partial charge in [-0.05, 0) is 24.8 Å². The summed E-state index contributed by atoms with van der Waals surface area (Å²) in [7, 11) is 0. The largest absolute Gasteiger partial charge is 0.480 e. The molecule has 4 atom stereocenters. The van der Waals surface area contributed by atoms with Gasteiger partial charge in [0.1, 0.15) is 18.1 Å². The summed E-state index contributed by atoms with van der Waals surface area (Å²) in [4.78, 5) is 50.2. The normalized spacial score (nSPS) is 18.7. The van der Waals surface area contributed by atoms with Gasteiger partial charge in [-0.1, -0.05) is 30.3 Å². The number of thiol groups is 1. The molecule has 0 bridgehead atoms. The molecule has 1 fully saturated rings. The number of hydrogen-bond donors (Lipinski definition) is 6. The Morgan fingerprint density at radius 3 is 2.42 bits per heavy atom. The van der Waals surface area contributed by atoms with Crippen molar-refractivity contribution in [2.75, 3.05) is 18.9 Å². The highest BCUT2D eigenvalue weighted by Gasteiger charge is 2.38. The number of nitrogens with one attached hydrogen (secondary N) is 2. The van der Waals surface area contributed by atoms with Crippen molar-refractivity contribution < 1.29 is 29.4 Å². The molecule has 1 aromatic rings. The third-order valence-corrected chi connectivity index (χ3v) is 5.43. The topological polar surface area (TPSA) is 162 Å². The van der Waals surface area contributed by atoms with Crippen molar-refractivity contribution in [2.24, 2.45) is 5.73 Å². The maximum absolute atomic E-state index is 12.9. The molecular formula is C20H28N4O6S. The van der Waals surface area contributed by atoms with Gasteiger partial charge in [0, 0.05) is 12.3 Å². The van der Waals surface area contributed by atoms with Crippen LogP contribution in [0, 0.1) is 0 Å². The van der Waals surface area contributed by atoms with Gasteiger partial charge in [-0.25, -0.2) is 4.79 Å². The van der Waals surface area contributed by atoms with E-state index < -0.39 is 54.5 Å². The highest BCUT2D eigenvalue weighted by molar-refractivity contribution is 7.80. The average molecular weight is 453 g/mol. The molecule has 1 aliphatic rings. The predicted molar refractivity (Wildman–Crippen MR) is 115 cm³/mol. The van der Waals surface area contributed by atoms with E-state index in [1.807, 2.05) is 30.3 Å². The lowest BCUT2D eigenvalue weighted by Gasteiger charge is -2.29. The van der Waals surface area contributed by atoms with Gasteiger partial charge in [0.05, 0.1) is 12.6 Å². The summed E-state index contributed by atoms with van der Waals surface area (Å²) in [5.74, 6) is -3.17. The lowest BCUT2D eigenvalue weighted by atomic mass is 10.1. The molecule has 0 saturated carbocycles. The summed E-state index contributed by atoms with van der Waals surface area (Å²) in [5.41, 5.74) is 6.79. The molecule has 0 aromatic heterocycles. The van der Waals surface area contributed by atoms with Crippen LogP contribution in [0.15, 0.2) is 30.3 Å². The van der Waals surface area contributed by atoms with Crippen molar-refractivity contribution in [2.45, 2.75) is 43.4 Å². The molecule has 31 heavy (non-hydrogen) atoms. The fraction of sp³-hybridized carbons (Fsp3) is 0.500. The number of nitrogens with two attached hydrogens (primary N) is 1. The summed E-state index contributed by atoms with van der Waals surface area (Å²) in [5, 5.41) is 23.6. The van der Waals surface area contributed by atoms with Gasteiger partial charge in [-0.15, -0.1) is 0 Å². The van der Waals surface area contributed by atoms with Crippen molar-refractivity contribution in [3.63, 3.8) is 0 Å². The van der Waals surface area contributed by atoms with Crippen LogP contribution in [-0.2, 0) is 25.6 Å². The number of hydrogen-bond acceptors (Lipinski definition) is 7. The van der Waals surface area contributed by atoms with Crippen LogP contribution in [0.3, 0.4) is 0 Å². The zero-order valence-electron chi connectivity index (χ0n) is 16.9. The van der Waals surface area contributed by atoms with E-state index in [0.29, 0.717) is 12.8 Å². The number of carbonyl (C=O) groups is 4. The number of aliphatic hydroxyl groups excluding tert-OH is 1. The predicted octanol–water partition coefficient (Wildman–Crippen LogP) is -1.48. The van der Waals surface area contributed by atoms with E-state index in [0.717, 1.165) is 5.56 Å². The SMILES string of the molecule is NC(Cc1ccccc1)C(=O)NC(CO)C(=O)N1CCCC1C(=O)NC(CS)C(=O)O. The maximum atomic E-state index is 12.9.